The molecule has 6 heteroatoms. The van der Waals surface area contributed by atoms with Crippen LogP contribution in [0.1, 0.15) is 29.9 Å². The molecule has 1 aromatic heterocycles. The van der Waals surface area contributed by atoms with Crippen LogP contribution in [0.3, 0.4) is 0 Å². The average molecular weight is 261 g/mol. The average Bonchev–Trinajstić information content (AvgIpc) is 2.92. The Labute approximate surface area is 110 Å². The van der Waals surface area contributed by atoms with E-state index in [4.69, 9.17) is 4.74 Å². The van der Waals surface area contributed by atoms with E-state index < -0.39 is 5.60 Å². The van der Waals surface area contributed by atoms with E-state index in [9.17, 15) is 9.59 Å². The zero-order chi connectivity index (χ0) is 13.3. The van der Waals surface area contributed by atoms with Gasteiger partial charge in [-0.1, -0.05) is 0 Å². The molecule has 0 aromatic carbocycles. The van der Waals surface area contributed by atoms with Gasteiger partial charge in [-0.2, -0.15) is 0 Å². The minimum atomic E-state index is -0.631. The molecule has 0 aliphatic carbocycles. The van der Waals surface area contributed by atoms with Gasteiger partial charge < -0.3 is 9.64 Å². The molecule has 2 fully saturated rings. The lowest BCUT2D eigenvalue weighted by Gasteiger charge is -2.36. The van der Waals surface area contributed by atoms with E-state index in [1.54, 1.807) is 6.07 Å². The number of ketones is 1. The van der Waals surface area contributed by atoms with Gasteiger partial charge in [0.1, 0.15) is 5.60 Å². The first-order valence-electron chi connectivity index (χ1n) is 6.45. The summed E-state index contributed by atoms with van der Waals surface area (Å²) < 4.78 is 5.61. The Morgan fingerprint density at radius 3 is 2.74 bits per heavy atom. The maximum atomic E-state index is 12.2. The molecule has 2 aliphatic heterocycles. The van der Waals surface area contributed by atoms with Crippen LogP contribution in [0.25, 0.3) is 0 Å². The number of aromatic nitrogens is 2. The van der Waals surface area contributed by atoms with Gasteiger partial charge in [0.05, 0.1) is 6.54 Å². The first-order chi connectivity index (χ1) is 9.21. The van der Waals surface area contributed by atoms with Gasteiger partial charge in [-0.15, -0.1) is 0 Å². The Balaban J connectivity index is 1.72. The van der Waals surface area contributed by atoms with Crippen molar-refractivity contribution >= 4 is 11.7 Å². The number of carbonyl (C=O) groups is 2. The molecule has 0 N–H and O–H groups in total. The van der Waals surface area contributed by atoms with Crippen molar-refractivity contribution in [3.8, 4) is 0 Å². The van der Waals surface area contributed by atoms with Gasteiger partial charge in [-0.05, 0) is 18.9 Å². The van der Waals surface area contributed by atoms with Crippen LogP contribution in [0.5, 0.6) is 0 Å². The van der Waals surface area contributed by atoms with Gasteiger partial charge in [0.25, 0.3) is 5.91 Å². The molecular formula is C13H15N3O3. The highest BCUT2D eigenvalue weighted by molar-refractivity contribution is 5.97. The number of hydrogen-bond donors (Lipinski definition) is 0. The number of Topliss-reactive ketones (excluding diaryl/α,β-unsaturated/α-hetero) is 1. The van der Waals surface area contributed by atoms with Crippen LogP contribution in [0.15, 0.2) is 18.5 Å². The molecular weight excluding hydrogens is 246 g/mol. The maximum Gasteiger partial charge on any atom is 0.292 e. The van der Waals surface area contributed by atoms with Crippen molar-refractivity contribution in [2.45, 2.75) is 24.9 Å². The number of hydrogen-bond acceptors (Lipinski definition) is 5. The highest BCUT2D eigenvalue weighted by Crippen LogP contribution is 2.33. The van der Waals surface area contributed by atoms with Crippen molar-refractivity contribution in [2.24, 2.45) is 0 Å². The van der Waals surface area contributed by atoms with Gasteiger partial charge in [-0.3, -0.25) is 9.59 Å². The second-order valence-corrected chi connectivity index (χ2v) is 4.92. The van der Waals surface area contributed by atoms with E-state index in [1.807, 2.05) is 0 Å². The minimum Gasteiger partial charge on any atom is -0.367 e. The Kier molecular flexibility index (Phi) is 3.02. The lowest BCUT2D eigenvalue weighted by Crippen LogP contribution is -2.54. The van der Waals surface area contributed by atoms with Gasteiger partial charge in [0.2, 0.25) is 5.82 Å². The number of ether oxygens (including phenoxy) is 1. The second kappa shape index (κ2) is 4.70. The molecule has 2 aliphatic rings. The zero-order valence-electron chi connectivity index (χ0n) is 10.5. The largest absolute Gasteiger partial charge is 0.367 e. The molecule has 100 valence electrons. The summed E-state index contributed by atoms with van der Waals surface area (Å²) in [5, 5.41) is 0. The summed E-state index contributed by atoms with van der Waals surface area (Å²) >= 11 is 0. The second-order valence-electron chi connectivity index (χ2n) is 4.92. The number of likely N-dealkylation sites (tertiary alicyclic amines) is 1. The van der Waals surface area contributed by atoms with Gasteiger partial charge in [-0.25, -0.2) is 9.97 Å². The quantitative estimate of drug-likeness (QED) is 0.733. The predicted molar refractivity (Wildman–Crippen MR) is 65.5 cm³/mol. The molecule has 1 spiro atoms. The van der Waals surface area contributed by atoms with Crippen LogP contribution >= 0.6 is 0 Å². The standard InChI is InChI=1S/C13H15N3O3/c17-10-9-16(7-4-13(10)3-1-8-19-13)12(18)11-14-5-2-6-15-11/h2,5-6H,1,3-4,7-9H2. The van der Waals surface area contributed by atoms with E-state index >= 15 is 0 Å². The smallest absolute Gasteiger partial charge is 0.292 e. The van der Waals surface area contributed by atoms with E-state index in [-0.39, 0.29) is 24.1 Å². The first kappa shape index (κ1) is 12.2. The molecule has 1 amide bonds. The number of nitrogens with zero attached hydrogens (tertiary/aromatic N) is 3. The molecule has 1 atom stereocenters. The van der Waals surface area contributed by atoms with Crippen LogP contribution in [0.4, 0.5) is 0 Å². The number of amides is 1. The Bertz CT molecular complexity index is 497. The number of rotatable bonds is 1. The molecule has 0 bridgehead atoms. The van der Waals surface area contributed by atoms with Gasteiger partial charge in [0.15, 0.2) is 5.78 Å². The number of carbonyl (C=O) groups excluding carboxylic acids is 2. The highest BCUT2D eigenvalue weighted by atomic mass is 16.5. The van der Waals surface area contributed by atoms with Crippen molar-refractivity contribution < 1.29 is 14.3 Å². The molecule has 2 saturated heterocycles. The van der Waals surface area contributed by atoms with Gasteiger partial charge in [0, 0.05) is 32.0 Å². The minimum absolute atomic E-state index is 0.000492. The summed E-state index contributed by atoms with van der Waals surface area (Å²) in [6.45, 7) is 1.25. The first-order valence-corrected chi connectivity index (χ1v) is 6.45. The lowest BCUT2D eigenvalue weighted by atomic mass is 9.87. The fourth-order valence-corrected chi connectivity index (χ4v) is 2.69. The zero-order valence-corrected chi connectivity index (χ0v) is 10.5. The van der Waals surface area contributed by atoms with E-state index in [1.165, 1.54) is 17.3 Å². The van der Waals surface area contributed by atoms with Crippen molar-refractivity contribution in [3.63, 3.8) is 0 Å². The van der Waals surface area contributed by atoms with Crippen LogP contribution in [-0.2, 0) is 9.53 Å². The van der Waals surface area contributed by atoms with Crippen LogP contribution in [0.2, 0.25) is 0 Å². The number of piperidine rings is 1. The van der Waals surface area contributed by atoms with Crippen molar-refractivity contribution in [3.05, 3.63) is 24.3 Å². The summed E-state index contributed by atoms with van der Waals surface area (Å²) in [4.78, 5) is 33.7. The fraction of sp³-hybridized carbons (Fsp3) is 0.538. The maximum absolute atomic E-state index is 12.2. The molecule has 1 aromatic rings. The Hall–Kier alpha value is -1.82. The third-order valence-corrected chi connectivity index (χ3v) is 3.78. The lowest BCUT2D eigenvalue weighted by molar-refractivity contribution is -0.144. The van der Waals surface area contributed by atoms with Crippen molar-refractivity contribution in [1.29, 1.82) is 0 Å². The predicted octanol–water partition coefficient (Wildman–Crippen LogP) is 0.441. The van der Waals surface area contributed by atoms with Gasteiger partial charge >= 0.3 is 0 Å². The summed E-state index contributed by atoms with van der Waals surface area (Å²) in [6.07, 6.45) is 5.31. The van der Waals surface area contributed by atoms with Crippen LogP contribution < -0.4 is 0 Å². The normalized spacial score (nSPS) is 26.9. The monoisotopic (exact) mass is 261 g/mol. The summed E-state index contributed by atoms with van der Waals surface area (Å²) in [5.74, 6) is -0.152. The SMILES string of the molecule is O=C(c1ncccn1)N1CCC2(CCCO2)C(=O)C1. The molecule has 0 saturated carbocycles. The molecule has 1 unspecified atom stereocenters. The third kappa shape index (κ3) is 2.12. The molecule has 6 nitrogen and oxygen atoms in total. The topological polar surface area (TPSA) is 72.4 Å². The summed E-state index contributed by atoms with van der Waals surface area (Å²) in [7, 11) is 0. The van der Waals surface area contributed by atoms with E-state index in [2.05, 4.69) is 9.97 Å². The fourth-order valence-electron chi connectivity index (χ4n) is 2.69. The Morgan fingerprint density at radius 1 is 1.32 bits per heavy atom. The van der Waals surface area contributed by atoms with Crippen LogP contribution in [-0.4, -0.2) is 51.9 Å². The van der Waals surface area contributed by atoms with Crippen molar-refractivity contribution in [1.82, 2.24) is 14.9 Å². The molecule has 3 rings (SSSR count). The van der Waals surface area contributed by atoms with Crippen LogP contribution in [0, 0.1) is 0 Å². The highest BCUT2D eigenvalue weighted by Gasteiger charge is 2.46. The van der Waals surface area contributed by atoms with E-state index in [0.29, 0.717) is 19.6 Å². The summed E-state index contributed by atoms with van der Waals surface area (Å²) in [5.41, 5.74) is -0.631. The molecule has 0 radical (unpaired) electrons. The Morgan fingerprint density at radius 2 is 2.11 bits per heavy atom. The third-order valence-electron chi connectivity index (χ3n) is 3.78. The van der Waals surface area contributed by atoms with E-state index in [0.717, 1.165) is 12.8 Å². The molecule has 3 heterocycles. The summed E-state index contributed by atoms with van der Waals surface area (Å²) in [6, 6.07) is 1.65. The van der Waals surface area contributed by atoms with Crippen molar-refractivity contribution in [2.75, 3.05) is 19.7 Å². The molecule has 19 heavy (non-hydrogen) atoms.